The van der Waals surface area contributed by atoms with Crippen LogP contribution in [0.2, 0.25) is 0 Å². The normalized spacial score (nSPS) is 10.2. The summed E-state index contributed by atoms with van der Waals surface area (Å²) in [6.45, 7) is 2.13. The van der Waals surface area contributed by atoms with Gasteiger partial charge in [0.15, 0.2) is 0 Å². The molecule has 0 unspecified atom stereocenters. The fourth-order valence-electron chi connectivity index (χ4n) is 2.42. The Morgan fingerprint density at radius 1 is 0.792 bits per heavy atom. The third-order valence-electron chi connectivity index (χ3n) is 3.83. The van der Waals surface area contributed by atoms with Crippen LogP contribution in [0.1, 0.15) is 49.4 Å². The number of rotatable bonds is 7. The zero-order chi connectivity index (χ0) is 17.2. The van der Waals surface area contributed by atoms with Crippen molar-refractivity contribution in [2.24, 2.45) is 0 Å². The van der Waals surface area contributed by atoms with Gasteiger partial charge in [0.1, 0.15) is 0 Å². The van der Waals surface area contributed by atoms with E-state index in [1.165, 1.54) is 0 Å². The Kier molecular flexibility index (Phi) is 7.02. The van der Waals surface area contributed by atoms with E-state index in [9.17, 15) is 9.59 Å². The minimum atomic E-state index is -0.309. The molecule has 0 aliphatic heterocycles. The van der Waals surface area contributed by atoms with E-state index in [2.05, 4.69) is 17.8 Å². The number of hydrogen-bond donors (Lipinski definition) is 2. The minimum absolute atomic E-state index is 0.152. The largest absolute Gasteiger partial charge is 0.273 e. The SMILES string of the molecule is CCCCCCC(=O)NNC(=O)c1ccc(-c2ccccc2)cc1. The zero-order valence-corrected chi connectivity index (χ0v) is 14.0. The smallest absolute Gasteiger partial charge is 0.269 e. The molecule has 2 rings (SSSR count). The summed E-state index contributed by atoms with van der Waals surface area (Å²) < 4.78 is 0. The Morgan fingerprint density at radius 2 is 1.46 bits per heavy atom. The van der Waals surface area contributed by atoms with Crippen molar-refractivity contribution in [3.63, 3.8) is 0 Å². The lowest BCUT2D eigenvalue weighted by Gasteiger charge is -2.08. The van der Waals surface area contributed by atoms with Gasteiger partial charge in [-0.2, -0.15) is 0 Å². The Bertz CT molecular complexity index is 651. The molecule has 0 spiro atoms. The second-order valence-corrected chi connectivity index (χ2v) is 5.76. The number of carbonyl (C=O) groups is 2. The van der Waals surface area contributed by atoms with E-state index in [0.29, 0.717) is 12.0 Å². The van der Waals surface area contributed by atoms with Gasteiger partial charge >= 0.3 is 0 Å². The van der Waals surface area contributed by atoms with Gasteiger partial charge in [0.25, 0.3) is 5.91 Å². The van der Waals surface area contributed by atoms with Crippen LogP contribution in [0.4, 0.5) is 0 Å². The molecular weight excluding hydrogens is 300 g/mol. The zero-order valence-electron chi connectivity index (χ0n) is 14.0. The molecule has 2 N–H and O–H groups in total. The van der Waals surface area contributed by atoms with Crippen LogP contribution in [-0.4, -0.2) is 11.8 Å². The standard InChI is InChI=1S/C20H24N2O2/c1-2-3-4-8-11-19(23)21-22-20(24)18-14-12-17(13-15-18)16-9-6-5-7-10-16/h5-7,9-10,12-15H,2-4,8,11H2,1H3,(H,21,23)(H,22,24). The first kappa shape index (κ1) is 17.7. The van der Waals surface area contributed by atoms with Crippen molar-refractivity contribution < 1.29 is 9.59 Å². The highest BCUT2D eigenvalue weighted by molar-refractivity contribution is 5.95. The second-order valence-electron chi connectivity index (χ2n) is 5.76. The highest BCUT2D eigenvalue weighted by Crippen LogP contribution is 2.19. The fourth-order valence-corrected chi connectivity index (χ4v) is 2.42. The van der Waals surface area contributed by atoms with Gasteiger partial charge in [0.05, 0.1) is 0 Å². The Hall–Kier alpha value is -2.62. The van der Waals surface area contributed by atoms with Crippen molar-refractivity contribution in [1.29, 1.82) is 0 Å². The van der Waals surface area contributed by atoms with Gasteiger partial charge < -0.3 is 0 Å². The van der Waals surface area contributed by atoms with Crippen LogP contribution in [0.5, 0.6) is 0 Å². The van der Waals surface area contributed by atoms with E-state index in [-0.39, 0.29) is 11.8 Å². The fraction of sp³-hybridized carbons (Fsp3) is 0.300. The summed E-state index contributed by atoms with van der Waals surface area (Å²) in [5, 5.41) is 0. The van der Waals surface area contributed by atoms with Gasteiger partial charge in [-0.05, 0) is 29.7 Å². The summed E-state index contributed by atoms with van der Waals surface area (Å²) in [5.41, 5.74) is 7.59. The average molecular weight is 324 g/mol. The monoisotopic (exact) mass is 324 g/mol. The van der Waals surface area contributed by atoms with Crippen molar-refractivity contribution >= 4 is 11.8 Å². The van der Waals surface area contributed by atoms with E-state index in [0.717, 1.165) is 36.8 Å². The molecule has 0 atom stereocenters. The summed E-state index contributed by atoms with van der Waals surface area (Å²) in [7, 11) is 0. The number of amides is 2. The van der Waals surface area contributed by atoms with E-state index in [1.807, 2.05) is 42.5 Å². The van der Waals surface area contributed by atoms with E-state index < -0.39 is 0 Å². The van der Waals surface area contributed by atoms with Crippen LogP contribution in [0, 0.1) is 0 Å². The molecule has 2 amide bonds. The first-order chi connectivity index (χ1) is 11.7. The van der Waals surface area contributed by atoms with Crippen LogP contribution >= 0.6 is 0 Å². The quantitative estimate of drug-likeness (QED) is 0.595. The lowest BCUT2D eigenvalue weighted by molar-refractivity contribution is -0.122. The van der Waals surface area contributed by atoms with Crippen LogP contribution < -0.4 is 10.9 Å². The third-order valence-corrected chi connectivity index (χ3v) is 3.83. The molecule has 0 bridgehead atoms. The predicted molar refractivity (Wildman–Crippen MR) is 96.2 cm³/mol. The molecule has 4 heteroatoms. The number of benzene rings is 2. The molecule has 0 saturated heterocycles. The molecule has 2 aromatic rings. The van der Waals surface area contributed by atoms with Gasteiger partial charge in [-0.25, -0.2) is 0 Å². The second kappa shape index (κ2) is 9.50. The molecule has 0 heterocycles. The lowest BCUT2D eigenvalue weighted by atomic mass is 10.0. The maximum absolute atomic E-state index is 12.0. The number of hydrogen-bond acceptors (Lipinski definition) is 2. The maximum Gasteiger partial charge on any atom is 0.269 e. The molecule has 4 nitrogen and oxygen atoms in total. The van der Waals surface area contributed by atoms with Gasteiger partial charge in [0, 0.05) is 12.0 Å². The van der Waals surface area contributed by atoms with Crippen molar-refractivity contribution in [2.45, 2.75) is 39.0 Å². The van der Waals surface area contributed by atoms with Crippen LogP contribution in [-0.2, 0) is 4.79 Å². The number of unbranched alkanes of at least 4 members (excludes halogenated alkanes) is 3. The van der Waals surface area contributed by atoms with Crippen LogP contribution in [0.15, 0.2) is 54.6 Å². The summed E-state index contributed by atoms with van der Waals surface area (Å²) in [5.74, 6) is -0.461. The van der Waals surface area contributed by atoms with Crippen molar-refractivity contribution in [3.05, 3.63) is 60.2 Å². The van der Waals surface area contributed by atoms with E-state index in [1.54, 1.807) is 12.1 Å². The van der Waals surface area contributed by atoms with Gasteiger partial charge in [-0.1, -0.05) is 68.7 Å². The Balaban J connectivity index is 1.81. The van der Waals surface area contributed by atoms with E-state index >= 15 is 0 Å². The number of carbonyl (C=O) groups excluding carboxylic acids is 2. The summed E-state index contributed by atoms with van der Waals surface area (Å²) in [6.07, 6.45) is 4.60. The van der Waals surface area contributed by atoms with Crippen molar-refractivity contribution in [3.8, 4) is 11.1 Å². The van der Waals surface area contributed by atoms with E-state index in [4.69, 9.17) is 0 Å². The van der Waals surface area contributed by atoms with Crippen LogP contribution in [0.3, 0.4) is 0 Å². The molecule has 24 heavy (non-hydrogen) atoms. The molecule has 0 aliphatic rings. The average Bonchev–Trinajstić information content (AvgIpc) is 2.64. The highest BCUT2D eigenvalue weighted by Gasteiger charge is 2.07. The summed E-state index contributed by atoms with van der Waals surface area (Å²) >= 11 is 0. The molecule has 0 radical (unpaired) electrons. The van der Waals surface area contributed by atoms with Gasteiger partial charge in [0.2, 0.25) is 5.91 Å². The topological polar surface area (TPSA) is 58.2 Å². The van der Waals surface area contributed by atoms with Crippen molar-refractivity contribution in [1.82, 2.24) is 10.9 Å². The first-order valence-electron chi connectivity index (χ1n) is 8.45. The minimum Gasteiger partial charge on any atom is -0.273 e. The first-order valence-corrected chi connectivity index (χ1v) is 8.45. The predicted octanol–water partition coefficient (Wildman–Crippen LogP) is 4.09. The third kappa shape index (κ3) is 5.54. The molecule has 0 aliphatic carbocycles. The van der Waals surface area contributed by atoms with Crippen LogP contribution in [0.25, 0.3) is 11.1 Å². The lowest BCUT2D eigenvalue weighted by Crippen LogP contribution is -2.41. The molecule has 0 aromatic heterocycles. The molecular formula is C20H24N2O2. The summed E-state index contributed by atoms with van der Waals surface area (Å²) in [6, 6.07) is 17.3. The Morgan fingerprint density at radius 3 is 2.12 bits per heavy atom. The molecule has 0 fully saturated rings. The van der Waals surface area contributed by atoms with Gasteiger partial charge in [-0.3, -0.25) is 20.4 Å². The van der Waals surface area contributed by atoms with Crippen molar-refractivity contribution in [2.75, 3.05) is 0 Å². The summed E-state index contributed by atoms with van der Waals surface area (Å²) in [4.78, 5) is 23.7. The molecule has 0 saturated carbocycles. The highest BCUT2D eigenvalue weighted by atomic mass is 16.2. The van der Waals surface area contributed by atoms with Gasteiger partial charge in [-0.15, -0.1) is 0 Å². The molecule has 126 valence electrons. The number of hydrazine groups is 1. The molecule has 2 aromatic carbocycles. The number of nitrogens with one attached hydrogen (secondary N) is 2. The Labute approximate surface area is 143 Å². The maximum atomic E-state index is 12.0.